The molecule has 1 N–H and O–H groups in total. The summed E-state index contributed by atoms with van der Waals surface area (Å²) in [5.74, 6) is 0.964. The Labute approximate surface area is 188 Å². The molecule has 0 spiro atoms. The Morgan fingerprint density at radius 1 is 1.00 bits per heavy atom. The van der Waals surface area contributed by atoms with Gasteiger partial charge in [0.15, 0.2) is 0 Å². The molecule has 0 radical (unpaired) electrons. The first-order chi connectivity index (χ1) is 15.6. The van der Waals surface area contributed by atoms with Crippen LogP contribution in [0, 0.1) is 4.91 Å². The predicted octanol–water partition coefficient (Wildman–Crippen LogP) is 5.70. The summed E-state index contributed by atoms with van der Waals surface area (Å²) in [6.45, 7) is 4.78. The highest BCUT2D eigenvalue weighted by Crippen LogP contribution is 2.29. The molecule has 0 amide bonds. The van der Waals surface area contributed by atoms with Crippen molar-refractivity contribution in [1.29, 1.82) is 0 Å². The van der Waals surface area contributed by atoms with Crippen LogP contribution in [0.3, 0.4) is 0 Å². The molecule has 0 bridgehead atoms. The van der Waals surface area contributed by atoms with Gasteiger partial charge in [0, 0.05) is 18.2 Å². The third kappa shape index (κ3) is 7.03. The van der Waals surface area contributed by atoms with E-state index in [9.17, 15) is 9.70 Å². The lowest BCUT2D eigenvalue weighted by molar-refractivity contribution is -0.142. The average molecular weight is 433 g/mol. The molecule has 0 saturated carbocycles. The summed E-state index contributed by atoms with van der Waals surface area (Å²) in [7, 11) is 0. The van der Waals surface area contributed by atoms with Gasteiger partial charge in [0.05, 0.1) is 13.0 Å². The van der Waals surface area contributed by atoms with Crippen molar-refractivity contribution in [3.63, 3.8) is 0 Å². The van der Waals surface area contributed by atoms with Gasteiger partial charge in [-0.2, -0.15) is 0 Å². The molecule has 3 rings (SSSR count). The van der Waals surface area contributed by atoms with E-state index in [0.29, 0.717) is 30.3 Å². The quantitative estimate of drug-likeness (QED) is 0.310. The number of esters is 1. The molecule has 3 aromatic rings. The van der Waals surface area contributed by atoms with Crippen molar-refractivity contribution in [2.24, 2.45) is 5.18 Å². The number of hydrogen-bond acceptors (Lipinski definition) is 6. The fourth-order valence-corrected chi connectivity index (χ4v) is 3.41. The van der Waals surface area contributed by atoms with Crippen LogP contribution in [-0.4, -0.2) is 18.6 Å². The van der Waals surface area contributed by atoms with E-state index in [0.717, 1.165) is 17.5 Å². The maximum Gasteiger partial charge on any atom is 0.310 e. The van der Waals surface area contributed by atoms with Crippen LogP contribution in [0.1, 0.15) is 30.5 Å². The Kier molecular flexibility index (Phi) is 8.52. The highest BCUT2D eigenvalue weighted by Gasteiger charge is 2.11. The highest BCUT2D eigenvalue weighted by atomic mass is 16.5. The summed E-state index contributed by atoms with van der Waals surface area (Å²) in [4.78, 5) is 22.8. The normalized spacial score (nSPS) is 11.6. The number of carbonyl (C=O) groups is 1. The van der Waals surface area contributed by atoms with Crippen LogP contribution < -0.4 is 10.1 Å². The SMILES string of the molecule is CCOC(=O)Cc1cccc(Oc2ccc(N=O)cc2CN[C@@H](C)Cc2ccccc2)c1. The van der Waals surface area contributed by atoms with Crippen molar-refractivity contribution in [3.8, 4) is 11.5 Å². The molecule has 0 saturated heterocycles. The molecule has 0 aliphatic rings. The molecule has 166 valence electrons. The number of nitroso groups, excluding NO2 is 1. The summed E-state index contributed by atoms with van der Waals surface area (Å²) in [5.41, 5.74) is 3.24. The van der Waals surface area contributed by atoms with Gasteiger partial charge in [-0.3, -0.25) is 4.79 Å². The molecular weight excluding hydrogens is 404 g/mol. The molecule has 0 aliphatic carbocycles. The van der Waals surface area contributed by atoms with Crippen molar-refractivity contribution in [2.45, 2.75) is 39.3 Å². The number of nitrogens with one attached hydrogen (secondary N) is 1. The zero-order valence-corrected chi connectivity index (χ0v) is 18.4. The zero-order chi connectivity index (χ0) is 22.8. The van der Waals surface area contributed by atoms with Crippen molar-refractivity contribution >= 4 is 11.7 Å². The van der Waals surface area contributed by atoms with E-state index in [4.69, 9.17) is 9.47 Å². The average Bonchev–Trinajstić information content (AvgIpc) is 2.79. The largest absolute Gasteiger partial charge is 0.466 e. The van der Waals surface area contributed by atoms with Crippen LogP contribution in [0.15, 0.2) is 78.0 Å². The lowest BCUT2D eigenvalue weighted by Crippen LogP contribution is -2.27. The molecule has 32 heavy (non-hydrogen) atoms. The van der Waals surface area contributed by atoms with E-state index in [1.54, 1.807) is 25.1 Å². The molecule has 0 aliphatic heterocycles. The van der Waals surface area contributed by atoms with Crippen LogP contribution >= 0.6 is 0 Å². The number of rotatable bonds is 11. The van der Waals surface area contributed by atoms with Crippen molar-refractivity contribution in [3.05, 3.63) is 94.4 Å². The first-order valence-electron chi connectivity index (χ1n) is 10.7. The van der Waals surface area contributed by atoms with Crippen LogP contribution in [0.4, 0.5) is 5.69 Å². The van der Waals surface area contributed by atoms with Crippen molar-refractivity contribution in [1.82, 2.24) is 5.32 Å². The minimum absolute atomic E-state index is 0.185. The molecule has 3 aromatic carbocycles. The molecule has 6 heteroatoms. The Morgan fingerprint density at radius 3 is 2.53 bits per heavy atom. The number of carbonyl (C=O) groups excluding carboxylic acids is 1. The van der Waals surface area contributed by atoms with E-state index >= 15 is 0 Å². The van der Waals surface area contributed by atoms with Crippen molar-refractivity contribution < 1.29 is 14.3 Å². The number of benzene rings is 3. The van der Waals surface area contributed by atoms with E-state index in [1.807, 2.05) is 42.5 Å². The van der Waals surface area contributed by atoms with Gasteiger partial charge in [-0.15, -0.1) is 4.91 Å². The first kappa shape index (κ1) is 23.2. The third-order valence-corrected chi connectivity index (χ3v) is 4.96. The smallest absolute Gasteiger partial charge is 0.310 e. The van der Waals surface area contributed by atoms with Crippen molar-refractivity contribution in [2.75, 3.05) is 6.61 Å². The van der Waals surface area contributed by atoms with Gasteiger partial charge in [-0.25, -0.2) is 0 Å². The van der Waals surface area contributed by atoms with Crippen LogP contribution in [0.25, 0.3) is 0 Å². The predicted molar refractivity (Wildman–Crippen MR) is 125 cm³/mol. The van der Waals surface area contributed by atoms with Gasteiger partial charge < -0.3 is 14.8 Å². The van der Waals surface area contributed by atoms with Crippen LogP contribution in [-0.2, 0) is 28.9 Å². The Balaban J connectivity index is 1.70. The molecule has 0 unspecified atom stereocenters. The second-order valence-electron chi connectivity index (χ2n) is 7.59. The van der Waals surface area contributed by atoms with Crippen LogP contribution in [0.2, 0.25) is 0 Å². The van der Waals surface area contributed by atoms with Gasteiger partial charge in [0.1, 0.15) is 17.2 Å². The minimum Gasteiger partial charge on any atom is -0.466 e. The van der Waals surface area contributed by atoms with Gasteiger partial charge in [0.2, 0.25) is 0 Å². The van der Waals surface area contributed by atoms with Crippen LogP contribution in [0.5, 0.6) is 11.5 Å². The van der Waals surface area contributed by atoms with E-state index in [-0.39, 0.29) is 18.4 Å². The van der Waals surface area contributed by atoms with Gasteiger partial charge >= 0.3 is 5.97 Å². The lowest BCUT2D eigenvalue weighted by Gasteiger charge is -2.17. The molecule has 0 aromatic heterocycles. The van der Waals surface area contributed by atoms with Gasteiger partial charge in [-0.05, 0) is 66.9 Å². The summed E-state index contributed by atoms with van der Waals surface area (Å²) < 4.78 is 11.1. The standard InChI is InChI=1S/C26H28N2O4/c1-3-31-26(29)16-21-10-7-11-24(15-21)32-25-13-12-23(28-30)17-22(25)18-27-19(2)14-20-8-5-4-6-9-20/h4-13,15,17,19,27H,3,14,16,18H2,1-2H3/t19-/m0/s1. The molecule has 1 atom stereocenters. The Bertz CT molecular complexity index is 1040. The number of hydrogen-bond donors (Lipinski definition) is 1. The maximum absolute atomic E-state index is 11.8. The Hall–Kier alpha value is -3.51. The minimum atomic E-state index is -0.275. The molecule has 0 fully saturated rings. The topological polar surface area (TPSA) is 77.0 Å². The second kappa shape index (κ2) is 11.8. The maximum atomic E-state index is 11.8. The van der Waals surface area contributed by atoms with Gasteiger partial charge in [-0.1, -0.05) is 42.5 Å². The summed E-state index contributed by atoms with van der Waals surface area (Å²) in [6.07, 6.45) is 1.07. The van der Waals surface area contributed by atoms with E-state index in [2.05, 4.69) is 29.6 Å². The summed E-state index contributed by atoms with van der Waals surface area (Å²) >= 11 is 0. The third-order valence-electron chi connectivity index (χ3n) is 4.96. The zero-order valence-electron chi connectivity index (χ0n) is 18.4. The number of nitrogens with zero attached hydrogens (tertiary/aromatic N) is 1. The fourth-order valence-electron chi connectivity index (χ4n) is 3.41. The monoisotopic (exact) mass is 432 g/mol. The molecule has 6 nitrogen and oxygen atoms in total. The number of ether oxygens (including phenoxy) is 2. The summed E-state index contributed by atoms with van der Waals surface area (Å²) in [6, 6.07) is 22.9. The molecule has 0 heterocycles. The highest BCUT2D eigenvalue weighted by molar-refractivity contribution is 5.72. The second-order valence-corrected chi connectivity index (χ2v) is 7.59. The lowest BCUT2D eigenvalue weighted by atomic mass is 10.1. The Morgan fingerprint density at radius 2 is 1.78 bits per heavy atom. The molecular formula is C26H28N2O4. The van der Waals surface area contributed by atoms with E-state index in [1.165, 1.54) is 5.56 Å². The van der Waals surface area contributed by atoms with Gasteiger partial charge in [0.25, 0.3) is 0 Å². The first-order valence-corrected chi connectivity index (χ1v) is 10.7. The summed E-state index contributed by atoms with van der Waals surface area (Å²) in [5, 5.41) is 6.55. The van der Waals surface area contributed by atoms with E-state index < -0.39 is 0 Å². The fraction of sp³-hybridized carbons (Fsp3) is 0.269.